The molecule has 2 aliphatic heterocycles. The lowest BCUT2D eigenvalue weighted by molar-refractivity contribution is 0.626. The van der Waals surface area contributed by atoms with Gasteiger partial charge in [0.25, 0.3) is 0 Å². The molecule has 0 aromatic heterocycles. The summed E-state index contributed by atoms with van der Waals surface area (Å²) < 4.78 is 0. The lowest BCUT2D eigenvalue weighted by Crippen LogP contribution is -2.44. The predicted molar refractivity (Wildman–Crippen MR) is 286 cm³/mol. The average Bonchev–Trinajstić information content (AvgIpc) is 3.88. The number of fused-ring (bicyclic) bond motifs is 18. The topological polar surface area (TPSA) is 24.4 Å². The molecule has 0 radical (unpaired) electrons. The van der Waals surface area contributed by atoms with Crippen molar-refractivity contribution in [3.05, 3.63) is 315 Å². The summed E-state index contributed by atoms with van der Waals surface area (Å²) in [5.41, 5.74) is 23.1. The molecule has 3 heteroatoms. The highest BCUT2D eigenvalue weighted by Gasteiger charge is 2.60. The normalized spacial score (nSPS) is 17.9. The lowest BCUT2D eigenvalue weighted by Gasteiger charge is -2.49. The second-order valence-corrected chi connectivity index (χ2v) is 19.5. The van der Waals surface area contributed by atoms with Crippen molar-refractivity contribution in [3.8, 4) is 33.4 Å². The summed E-state index contributed by atoms with van der Waals surface area (Å²) in [5, 5.41) is 6.10. The van der Waals surface area contributed by atoms with Crippen molar-refractivity contribution in [2.75, 3.05) is 0 Å². The Kier molecular flexibility index (Phi) is 8.90. The summed E-state index contributed by atoms with van der Waals surface area (Å²) in [5.74, 6) is 0.853. The van der Waals surface area contributed by atoms with Gasteiger partial charge in [0.2, 0.25) is 0 Å². The van der Waals surface area contributed by atoms with E-state index in [0.29, 0.717) is 0 Å². The van der Waals surface area contributed by atoms with E-state index >= 15 is 0 Å². The number of amidine groups is 1. The predicted octanol–water partition coefficient (Wildman–Crippen LogP) is 15.7. The molecule has 2 heterocycles. The van der Waals surface area contributed by atoms with E-state index < -0.39 is 10.8 Å². The molecule has 0 saturated carbocycles. The molecule has 9 aromatic rings. The third-order valence-electron chi connectivity index (χ3n) is 15.3. The van der Waals surface area contributed by atoms with Crippen molar-refractivity contribution in [3.63, 3.8) is 0 Å². The zero-order chi connectivity index (χ0) is 45.7. The van der Waals surface area contributed by atoms with Gasteiger partial charge in [0.15, 0.2) is 0 Å². The standard InChI is InChI=1S/C66H44N2S/c1-42-19-16-17-40-69-63-47(42)38-39-51-61-50(60-41-59(67-64(68-60)46-22-6-3-7-23-46)45-36-34-44(35-37-45)43-20-4-2-5-21-43)26-18-33-58(61)66(62(51)63)56-31-14-12-29-54(56)65(55-30-13-15-32-57(55)66)52-27-10-8-24-48(52)49-25-9-11-28-53(49)65/h2-41,59H,1H2,(H,67,68)/b19-16-,40-17-. The molecular weight excluding hydrogens is 853 g/mol. The van der Waals surface area contributed by atoms with Gasteiger partial charge in [-0.2, -0.15) is 0 Å². The number of benzene rings is 9. The van der Waals surface area contributed by atoms with Gasteiger partial charge < -0.3 is 5.32 Å². The molecule has 0 fully saturated rings. The SMILES string of the molecule is C=C1/C=C\C=C/Sc2c1ccc1c2C2(c3ccccc3C3(c4ccccc4-c4ccccc43)c3ccccc32)c2cccc(C3=CC(c4ccc(-c5ccccc5)cc4)NC(c4ccccc4)=N3)c2-1. The molecule has 5 aliphatic rings. The highest BCUT2D eigenvalue weighted by Crippen LogP contribution is 2.69. The Morgan fingerprint density at radius 1 is 0.435 bits per heavy atom. The number of allylic oxidation sites excluding steroid dienone is 4. The molecule has 2 nitrogen and oxygen atoms in total. The van der Waals surface area contributed by atoms with E-state index in [2.05, 4.69) is 254 Å². The first kappa shape index (κ1) is 39.9. The van der Waals surface area contributed by atoms with Gasteiger partial charge in [-0.1, -0.05) is 249 Å². The quantitative estimate of drug-likeness (QED) is 0.190. The largest absolute Gasteiger partial charge is 0.359 e. The smallest absolute Gasteiger partial charge is 0.134 e. The Morgan fingerprint density at radius 2 is 0.957 bits per heavy atom. The van der Waals surface area contributed by atoms with Crippen LogP contribution in [0.2, 0.25) is 0 Å². The number of nitrogens with one attached hydrogen (secondary N) is 1. The molecule has 1 atom stereocenters. The number of nitrogens with zero attached hydrogens (tertiary/aromatic N) is 1. The molecule has 0 amide bonds. The van der Waals surface area contributed by atoms with E-state index in [1.165, 1.54) is 88.3 Å². The number of hydrogen-bond acceptors (Lipinski definition) is 3. The first-order valence-corrected chi connectivity index (χ1v) is 24.7. The monoisotopic (exact) mass is 896 g/mol. The zero-order valence-electron chi connectivity index (χ0n) is 37.7. The maximum absolute atomic E-state index is 5.60. The second kappa shape index (κ2) is 15.4. The van der Waals surface area contributed by atoms with Crippen LogP contribution in [0.1, 0.15) is 72.8 Å². The fourth-order valence-corrected chi connectivity index (χ4v) is 13.5. The number of aliphatic imine (C=N–C) groups is 1. The van der Waals surface area contributed by atoms with Crippen LogP contribution in [0.15, 0.2) is 259 Å². The van der Waals surface area contributed by atoms with Crippen molar-refractivity contribution in [1.29, 1.82) is 0 Å². The highest BCUT2D eigenvalue weighted by molar-refractivity contribution is 8.02. The van der Waals surface area contributed by atoms with Crippen molar-refractivity contribution in [2.45, 2.75) is 21.8 Å². The van der Waals surface area contributed by atoms with Crippen LogP contribution in [-0.4, -0.2) is 5.84 Å². The summed E-state index contributed by atoms with van der Waals surface area (Å²) in [4.78, 5) is 6.83. The average molecular weight is 897 g/mol. The fourth-order valence-electron chi connectivity index (χ4n) is 12.5. The van der Waals surface area contributed by atoms with E-state index in [1.807, 2.05) is 11.8 Å². The van der Waals surface area contributed by atoms with E-state index in [9.17, 15) is 0 Å². The van der Waals surface area contributed by atoms with Gasteiger partial charge in [-0.15, -0.1) is 0 Å². The zero-order valence-corrected chi connectivity index (χ0v) is 38.6. The Labute approximate surface area is 407 Å². The van der Waals surface area contributed by atoms with Gasteiger partial charge in [-0.3, -0.25) is 0 Å². The molecular formula is C66H44N2S. The molecule has 324 valence electrons. The Bertz CT molecular complexity index is 3650. The minimum absolute atomic E-state index is 0.131. The van der Waals surface area contributed by atoms with Gasteiger partial charge in [0, 0.05) is 16.0 Å². The van der Waals surface area contributed by atoms with Gasteiger partial charge in [0.1, 0.15) is 5.84 Å². The lowest BCUT2D eigenvalue weighted by atomic mass is 9.52. The van der Waals surface area contributed by atoms with Crippen LogP contribution in [0.5, 0.6) is 0 Å². The minimum Gasteiger partial charge on any atom is -0.359 e. The molecule has 1 unspecified atom stereocenters. The molecule has 0 saturated heterocycles. The Morgan fingerprint density at radius 3 is 1.61 bits per heavy atom. The van der Waals surface area contributed by atoms with Crippen molar-refractivity contribution < 1.29 is 0 Å². The van der Waals surface area contributed by atoms with Crippen LogP contribution in [0.4, 0.5) is 0 Å². The molecule has 0 bridgehead atoms. The van der Waals surface area contributed by atoms with Gasteiger partial charge in [-0.05, 0) is 106 Å². The second-order valence-electron chi connectivity index (χ2n) is 18.6. The maximum Gasteiger partial charge on any atom is 0.134 e. The first-order chi connectivity index (χ1) is 34.2. The van der Waals surface area contributed by atoms with Crippen LogP contribution in [0, 0.1) is 0 Å². The molecule has 2 spiro atoms. The summed E-state index contributed by atoms with van der Waals surface area (Å²) in [6, 6.07) is 78.7. The van der Waals surface area contributed by atoms with Crippen LogP contribution < -0.4 is 5.32 Å². The first-order valence-electron chi connectivity index (χ1n) is 23.8. The maximum atomic E-state index is 5.60. The van der Waals surface area contributed by atoms with E-state index in [0.717, 1.165) is 33.8 Å². The number of hydrogen-bond donors (Lipinski definition) is 1. The fraction of sp³-hybridized carbons (Fsp3) is 0.0455. The van der Waals surface area contributed by atoms with Crippen molar-refractivity contribution >= 4 is 28.9 Å². The van der Waals surface area contributed by atoms with Crippen LogP contribution >= 0.6 is 11.8 Å². The van der Waals surface area contributed by atoms with Gasteiger partial charge >= 0.3 is 0 Å². The summed E-state index contributed by atoms with van der Waals surface area (Å²) >= 11 is 1.81. The number of thioether (sulfide) groups is 1. The van der Waals surface area contributed by atoms with Crippen LogP contribution in [0.3, 0.4) is 0 Å². The molecule has 14 rings (SSSR count). The number of rotatable bonds is 4. The Balaban J connectivity index is 1.07. The molecule has 3 aliphatic carbocycles. The summed E-state index contributed by atoms with van der Waals surface area (Å²) in [7, 11) is 0. The van der Waals surface area contributed by atoms with E-state index in [-0.39, 0.29) is 6.04 Å². The molecule has 9 aromatic carbocycles. The van der Waals surface area contributed by atoms with Gasteiger partial charge in [-0.25, -0.2) is 4.99 Å². The third-order valence-corrected chi connectivity index (χ3v) is 16.2. The van der Waals surface area contributed by atoms with Crippen molar-refractivity contribution in [2.24, 2.45) is 4.99 Å². The van der Waals surface area contributed by atoms with Crippen molar-refractivity contribution in [1.82, 2.24) is 5.32 Å². The third kappa shape index (κ3) is 5.60. The minimum atomic E-state index is -0.701. The highest BCUT2D eigenvalue weighted by atomic mass is 32.2. The Hall–Kier alpha value is -8.24. The molecule has 69 heavy (non-hydrogen) atoms. The summed E-state index contributed by atoms with van der Waals surface area (Å²) in [6.45, 7) is 4.68. The van der Waals surface area contributed by atoms with Crippen LogP contribution in [0.25, 0.3) is 44.7 Å². The van der Waals surface area contributed by atoms with E-state index in [4.69, 9.17) is 4.99 Å². The molecule has 1 N–H and O–H groups in total. The summed E-state index contributed by atoms with van der Waals surface area (Å²) in [6.07, 6.45) is 8.74. The van der Waals surface area contributed by atoms with Crippen LogP contribution in [-0.2, 0) is 10.8 Å². The van der Waals surface area contributed by atoms with Gasteiger partial charge in [0.05, 0.1) is 22.6 Å². The van der Waals surface area contributed by atoms with E-state index in [1.54, 1.807) is 0 Å².